The van der Waals surface area contributed by atoms with E-state index in [2.05, 4.69) is 54.6 Å². The highest BCUT2D eigenvalue weighted by Gasteiger charge is 2.11. The van der Waals surface area contributed by atoms with Gasteiger partial charge in [-0.15, -0.1) is 0 Å². The fourth-order valence-corrected chi connectivity index (χ4v) is 3.06. The van der Waals surface area contributed by atoms with E-state index in [-0.39, 0.29) is 0 Å². The van der Waals surface area contributed by atoms with E-state index in [1.54, 1.807) is 0 Å². The Hall–Kier alpha value is -2.41. The zero-order chi connectivity index (χ0) is 15.9. The molecular weight excluding hydrogens is 280 g/mol. The van der Waals surface area contributed by atoms with Crippen LogP contribution < -0.4 is 0 Å². The summed E-state index contributed by atoms with van der Waals surface area (Å²) in [6.45, 7) is 0. The highest BCUT2D eigenvalue weighted by molar-refractivity contribution is 5.91. The first kappa shape index (κ1) is 15.5. The van der Waals surface area contributed by atoms with Crippen molar-refractivity contribution in [2.24, 2.45) is 0 Å². The lowest BCUT2D eigenvalue weighted by atomic mass is 9.91. The van der Waals surface area contributed by atoms with Crippen molar-refractivity contribution in [3.8, 4) is 0 Å². The van der Waals surface area contributed by atoms with E-state index in [1.165, 1.54) is 22.3 Å². The SMILES string of the molecule is O=C1C=C(CCC(=Cc2ccccc2)c2ccccc2)CCC1. The van der Waals surface area contributed by atoms with Gasteiger partial charge in [0, 0.05) is 6.42 Å². The van der Waals surface area contributed by atoms with Crippen LogP contribution in [-0.2, 0) is 4.79 Å². The van der Waals surface area contributed by atoms with Crippen molar-refractivity contribution in [2.45, 2.75) is 32.1 Å². The third-order valence-corrected chi connectivity index (χ3v) is 4.29. The summed E-state index contributed by atoms with van der Waals surface area (Å²) in [6.07, 6.45) is 8.87. The van der Waals surface area contributed by atoms with Crippen LogP contribution in [0.4, 0.5) is 0 Å². The average Bonchev–Trinajstić information content (AvgIpc) is 2.60. The summed E-state index contributed by atoms with van der Waals surface area (Å²) in [5, 5.41) is 0. The Morgan fingerprint density at radius 3 is 2.30 bits per heavy atom. The van der Waals surface area contributed by atoms with Gasteiger partial charge in [-0.25, -0.2) is 0 Å². The van der Waals surface area contributed by atoms with Crippen molar-refractivity contribution in [1.82, 2.24) is 0 Å². The monoisotopic (exact) mass is 302 g/mol. The molecule has 1 aliphatic rings. The molecule has 0 bridgehead atoms. The predicted molar refractivity (Wildman–Crippen MR) is 96.9 cm³/mol. The maximum atomic E-state index is 11.6. The first-order valence-electron chi connectivity index (χ1n) is 8.34. The number of carbonyl (C=O) groups is 1. The van der Waals surface area contributed by atoms with Crippen LogP contribution in [0.1, 0.15) is 43.2 Å². The second kappa shape index (κ2) is 7.73. The van der Waals surface area contributed by atoms with Crippen molar-refractivity contribution >= 4 is 17.4 Å². The zero-order valence-electron chi connectivity index (χ0n) is 13.4. The summed E-state index contributed by atoms with van der Waals surface area (Å²) in [4.78, 5) is 11.6. The molecule has 1 aliphatic carbocycles. The second-order valence-electron chi connectivity index (χ2n) is 6.07. The van der Waals surface area contributed by atoms with Gasteiger partial charge in [0.1, 0.15) is 0 Å². The molecule has 0 atom stereocenters. The van der Waals surface area contributed by atoms with Gasteiger partial charge < -0.3 is 0 Å². The first-order chi connectivity index (χ1) is 11.3. The van der Waals surface area contributed by atoms with E-state index < -0.39 is 0 Å². The van der Waals surface area contributed by atoms with Crippen LogP contribution in [-0.4, -0.2) is 5.78 Å². The minimum absolute atomic E-state index is 0.291. The first-order valence-corrected chi connectivity index (χ1v) is 8.34. The number of rotatable bonds is 5. The number of hydrogen-bond acceptors (Lipinski definition) is 1. The number of carbonyl (C=O) groups excluding carboxylic acids is 1. The Balaban J connectivity index is 1.81. The lowest BCUT2D eigenvalue weighted by Gasteiger charge is -2.14. The number of allylic oxidation sites excluding steroid dienone is 3. The molecule has 0 aliphatic heterocycles. The van der Waals surface area contributed by atoms with Crippen molar-refractivity contribution in [1.29, 1.82) is 0 Å². The lowest BCUT2D eigenvalue weighted by molar-refractivity contribution is -0.115. The third kappa shape index (κ3) is 4.53. The normalized spacial score (nSPS) is 15.4. The van der Waals surface area contributed by atoms with Gasteiger partial charge >= 0.3 is 0 Å². The topological polar surface area (TPSA) is 17.1 Å². The Bertz CT molecular complexity index is 708. The van der Waals surface area contributed by atoms with E-state index in [9.17, 15) is 4.79 Å². The highest BCUT2D eigenvalue weighted by Crippen LogP contribution is 2.27. The highest BCUT2D eigenvalue weighted by atomic mass is 16.1. The molecule has 0 heterocycles. The van der Waals surface area contributed by atoms with Gasteiger partial charge in [-0.3, -0.25) is 4.79 Å². The van der Waals surface area contributed by atoms with Crippen LogP contribution in [0, 0.1) is 0 Å². The van der Waals surface area contributed by atoms with Crippen LogP contribution in [0.5, 0.6) is 0 Å². The molecule has 0 N–H and O–H groups in total. The fourth-order valence-electron chi connectivity index (χ4n) is 3.06. The molecule has 0 amide bonds. The minimum atomic E-state index is 0.291. The third-order valence-electron chi connectivity index (χ3n) is 4.29. The molecule has 0 fully saturated rings. The Labute approximate surface area is 138 Å². The zero-order valence-corrected chi connectivity index (χ0v) is 13.4. The quantitative estimate of drug-likeness (QED) is 0.649. The average molecular weight is 302 g/mol. The van der Waals surface area contributed by atoms with Gasteiger partial charge in [0.2, 0.25) is 0 Å². The molecule has 116 valence electrons. The summed E-state index contributed by atoms with van der Waals surface area (Å²) in [6, 6.07) is 21.0. The molecule has 0 aromatic heterocycles. The van der Waals surface area contributed by atoms with Crippen molar-refractivity contribution in [3.63, 3.8) is 0 Å². The van der Waals surface area contributed by atoms with Crippen molar-refractivity contribution < 1.29 is 4.79 Å². The maximum Gasteiger partial charge on any atom is 0.155 e. The van der Waals surface area contributed by atoms with E-state index in [0.717, 1.165) is 32.1 Å². The number of ketones is 1. The Kier molecular flexibility index (Phi) is 5.21. The van der Waals surface area contributed by atoms with Gasteiger partial charge in [-0.05, 0) is 48.5 Å². The summed E-state index contributed by atoms with van der Waals surface area (Å²) in [5.74, 6) is 0.291. The molecule has 0 radical (unpaired) electrons. The summed E-state index contributed by atoms with van der Waals surface area (Å²) >= 11 is 0. The molecule has 0 saturated heterocycles. The molecule has 0 unspecified atom stereocenters. The summed E-state index contributed by atoms with van der Waals surface area (Å²) in [5.41, 5.74) is 5.12. The molecule has 1 heteroatoms. The summed E-state index contributed by atoms with van der Waals surface area (Å²) < 4.78 is 0. The van der Waals surface area contributed by atoms with E-state index >= 15 is 0 Å². The van der Waals surface area contributed by atoms with Crippen LogP contribution in [0.3, 0.4) is 0 Å². The Morgan fingerprint density at radius 2 is 1.61 bits per heavy atom. The lowest BCUT2D eigenvalue weighted by Crippen LogP contribution is -2.02. The number of benzene rings is 2. The van der Waals surface area contributed by atoms with Gasteiger partial charge in [0.05, 0.1) is 0 Å². The van der Waals surface area contributed by atoms with Gasteiger partial charge in [-0.1, -0.05) is 72.3 Å². The Morgan fingerprint density at radius 1 is 0.913 bits per heavy atom. The van der Waals surface area contributed by atoms with Gasteiger partial charge in [-0.2, -0.15) is 0 Å². The smallest absolute Gasteiger partial charge is 0.155 e. The fraction of sp³-hybridized carbons (Fsp3) is 0.227. The molecule has 0 spiro atoms. The molecule has 1 nitrogen and oxygen atoms in total. The standard InChI is InChI=1S/C22H22O/c23-22-13-7-10-19(17-22)14-15-21(20-11-5-2-6-12-20)16-18-8-3-1-4-9-18/h1-6,8-9,11-12,16-17H,7,10,13-15H2. The predicted octanol–water partition coefficient (Wildman–Crippen LogP) is 5.69. The van der Waals surface area contributed by atoms with Crippen LogP contribution in [0.15, 0.2) is 72.3 Å². The van der Waals surface area contributed by atoms with Crippen LogP contribution in [0.2, 0.25) is 0 Å². The molecular formula is C22H22O. The van der Waals surface area contributed by atoms with Gasteiger partial charge in [0.25, 0.3) is 0 Å². The number of hydrogen-bond donors (Lipinski definition) is 0. The largest absolute Gasteiger partial charge is 0.295 e. The van der Waals surface area contributed by atoms with Crippen molar-refractivity contribution in [2.75, 3.05) is 0 Å². The molecule has 2 aromatic carbocycles. The molecule has 0 saturated carbocycles. The molecule has 2 aromatic rings. The van der Waals surface area contributed by atoms with E-state index in [1.807, 2.05) is 18.2 Å². The minimum Gasteiger partial charge on any atom is -0.295 e. The van der Waals surface area contributed by atoms with Crippen LogP contribution in [0.25, 0.3) is 11.6 Å². The van der Waals surface area contributed by atoms with E-state index in [0.29, 0.717) is 5.78 Å². The second-order valence-corrected chi connectivity index (χ2v) is 6.07. The molecule has 3 rings (SSSR count). The van der Waals surface area contributed by atoms with E-state index in [4.69, 9.17) is 0 Å². The summed E-state index contributed by atoms with van der Waals surface area (Å²) in [7, 11) is 0. The molecule has 23 heavy (non-hydrogen) atoms. The maximum absolute atomic E-state index is 11.6. The van der Waals surface area contributed by atoms with Crippen molar-refractivity contribution in [3.05, 3.63) is 83.4 Å². The van der Waals surface area contributed by atoms with Crippen LogP contribution >= 0.6 is 0 Å². The van der Waals surface area contributed by atoms with Gasteiger partial charge in [0.15, 0.2) is 5.78 Å².